The van der Waals surface area contributed by atoms with Gasteiger partial charge in [-0.2, -0.15) is 55.1 Å². The van der Waals surface area contributed by atoms with Crippen molar-refractivity contribution in [1.82, 2.24) is 0 Å². The van der Waals surface area contributed by atoms with E-state index in [9.17, 15) is 82.6 Å². The molecule has 5 aromatic rings. The van der Waals surface area contributed by atoms with Gasteiger partial charge in [-0.15, -0.1) is 0 Å². The number of carboxylic acids is 1. The number of hydrogen-bond acceptors (Lipinski definition) is 14. The van der Waals surface area contributed by atoms with Gasteiger partial charge in [0.15, 0.2) is 18.1 Å². The summed E-state index contributed by atoms with van der Waals surface area (Å²) in [6.07, 6.45) is 11.7. The van der Waals surface area contributed by atoms with E-state index in [4.69, 9.17) is 5.11 Å². The summed E-state index contributed by atoms with van der Waals surface area (Å²) >= 11 is 0. The Morgan fingerprint density at radius 3 is 1.63 bits per heavy atom. The molecule has 0 aliphatic carbocycles. The van der Waals surface area contributed by atoms with Crippen LogP contribution in [-0.4, -0.2) is 124 Å². The van der Waals surface area contributed by atoms with Crippen molar-refractivity contribution in [3.8, 4) is 0 Å². The summed E-state index contributed by atoms with van der Waals surface area (Å²) in [6, 6.07) is 12.5. The van der Waals surface area contributed by atoms with E-state index in [1.165, 1.54) is 24.3 Å². The molecule has 23 nitrogen and oxygen atoms in total. The summed E-state index contributed by atoms with van der Waals surface area (Å²) in [5.41, 5.74) is 0.629. The molecule has 3 heterocycles. The number of nitrogens with zero attached hydrogens (tertiary/aromatic N) is 3. The first kappa shape index (κ1) is 60.8. The molecular weight excluding hydrogens is 1150 g/mol. The fourth-order valence-electron chi connectivity index (χ4n) is 10.4. The summed E-state index contributed by atoms with van der Waals surface area (Å²) in [6.45, 7) is 7.17. The lowest BCUT2D eigenvalue weighted by Crippen LogP contribution is -2.32. The maximum atomic E-state index is 12.8. The predicted molar refractivity (Wildman–Crippen MR) is 290 cm³/mol. The Hall–Kier alpha value is -5.83. The van der Waals surface area contributed by atoms with E-state index < -0.39 is 109 Å². The summed E-state index contributed by atoms with van der Waals surface area (Å²) in [5, 5.41) is 8.82. The first-order valence-electron chi connectivity index (χ1n) is 24.1. The third-order valence-electron chi connectivity index (χ3n) is 13.9. The second-order valence-electron chi connectivity index (χ2n) is 20.1. The van der Waals surface area contributed by atoms with Gasteiger partial charge in [0.1, 0.15) is 22.9 Å². The molecule has 7 rings (SSSR count). The first-order chi connectivity index (χ1) is 36.3. The monoisotopic (exact) mass is 1210 g/mol. The van der Waals surface area contributed by atoms with Crippen LogP contribution in [0.1, 0.15) is 82.9 Å². The number of rotatable bonds is 22. The van der Waals surface area contributed by atoms with Crippen molar-refractivity contribution in [2.45, 2.75) is 103 Å². The highest BCUT2D eigenvalue weighted by Crippen LogP contribution is 2.52. The summed E-state index contributed by atoms with van der Waals surface area (Å²) in [5.74, 6) is -2.28. The van der Waals surface area contributed by atoms with Crippen molar-refractivity contribution in [3.05, 3.63) is 120 Å². The van der Waals surface area contributed by atoms with Gasteiger partial charge in [0.25, 0.3) is 60.7 Å². The lowest BCUT2D eigenvalue weighted by molar-refractivity contribution is -0.697. The molecule has 0 bridgehead atoms. The number of aliphatic carboxylic acids is 1. The summed E-state index contributed by atoms with van der Waals surface area (Å²) in [4.78, 5) is 9.40. The van der Waals surface area contributed by atoms with Crippen molar-refractivity contribution in [1.29, 1.82) is 0 Å². The van der Waals surface area contributed by atoms with Crippen LogP contribution in [0.15, 0.2) is 123 Å². The SMILES string of the molecule is CC1(C)C(/C=C/C(=C/C=C2/N(CCCS(=O)(=O)O)c3ccc4c(S(=O)(=O)O)cc(S(=O)(=O)O)cc4c3C2(C)C)c2cc[n+](CCCCCC(=O)O)cc2)=[N+](CCCS(=O)(=O)O)c2ccc3c(S(=O)(=O)O)cc(S(=O)(=O)O)cc3c21. The molecule has 1 aromatic heterocycles. The van der Waals surface area contributed by atoms with Gasteiger partial charge < -0.3 is 10.0 Å². The molecule has 7 N–H and O–H groups in total. The zero-order valence-corrected chi connectivity index (χ0v) is 47.6. The number of benzene rings is 4. The van der Waals surface area contributed by atoms with Crippen LogP contribution in [0.2, 0.25) is 0 Å². The van der Waals surface area contributed by atoms with Gasteiger partial charge in [0.05, 0.1) is 26.7 Å². The fourth-order valence-corrected chi connectivity index (χ4v) is 14.1. The van der Waals surface area contributed by atoms with Gasteiger partial charge in [-0.05, 0) is 109 Å². The number of anilines is 1. The van der Waals surface area contributed by atoms with Crippen LogP contribution in [0.5, 0.6) is 0 Å². The highest BCUT2D eigenvalue weighted by Gasteiger charge is 2.47. The number of carboxylic acid groups (broad SMARTS) is 1. The molecule has 0 atom stereocenters. The van der Waals surface area contributed by atoms with Crippen molar-refractivity contribution >= 4 is 111 Å². The molecule has 2 aliphatic heterocycles. The van der Waals surface area contributed by atoms with Gasteiger partial charge in [0.2, 0.25) is 5.69 Å². The quantitative estimate of drug-likeness (QED) is 0.0176. The van der Waals surface area contributed by atoms with E-state index in [1.54, 1.807) is 86.0 Å². The maximum absolute atomic E-state index is 12.8. The lowest BCUT2D eigenvalue weighted by atomic mass is 9.79. The van der Waals surface area contributed by atoms with E-state index >= 15 is 0 Å². The fraction of sp³-hybridized carbons (Fsp3) is 0.340. The standard InChI is InChI=1S/C50H55N3O20S6/c1-49(2)44(52(22-8-26-74(56,57)58)40-15-13-36-38(47(40)49)28-34(76(62,63)64)30-42(36)78(68,69)70)17-11-32(33-19-24-51(25-20-33)21-7-5-6-10-46(54)55)12-18-45-50(3,4)48-39-29-35(77(65,66)67)31-43(79(71,72)73)37(39)14-16-41(48)53(45)23-9-27-75(59,60)61/h11-20,24-25,28-31H,5-10,21-23,26-27H2,1-4H3,(H5-2,54,55,56,57,58,59,60,61,62,63,64,65,66,67,68,69,70,71,72,73)/p+2. The van der Waals surface area contributed by atoms with E-state index in [1.807, 2.05) is 4.57 Å². The van der Waals surface area contributed by atoms with Crippen LogP contribution in [-0.2, 0) is 82.9 Å². The minimum atomic E-state index is -5.12. The maximum Gasteiger partial charge on any atom is 0.303 e. The van der Waals surface area contributed by atoms with E-state index in [0.717, 1.165) is 12.1 Å². The summed E-state index contributed by atoms with van der Waals surface area (Å²) < 4.78 is 213. The average Bonchev–Trinajstić information content (AvgIpc) is 3.98. The van der Waals surface area contributed by atoms with Crippen molar-refractivity contribution in [2.75, 3.05) is 29.5 Å². The molecule has 4 aromatic carbocycles. The Morgan fingerprint density at radius 1 is 0.582 bits per heavy atom. The number of fused-ring (bicyclic) bond motifs is 6. The van der Waals surface area contributed by atoms with E-state index in [2.05, 4.69) is 0 Å². The lowest BCUT2D eigenvalue weighted by Gasteiger charge is -2.27. The molecule has 426 valence electrons. The number of aryl methyl sites for hydroxylation is 1. The van der Waals surface area contributed by atoms with Gasteiger partial charge >= 0.3 is 5.97 Å². The predicted octanol–water partition coefficient (Wildman–Crippen LogP) is 6.17. The van der Waals surface area contributed by atoms with Crippen LogP contribution in [0, 0.1) is 0 Å². The average molecular weight is 1210 g/mol. The Balaban J connectivity index is 1.47. The molecule has 0 unspecified atom stereocenters. The third kappa shape index (κ3) is 13.5. The third-order valence-corrected chi connectivity index (χ3v) is 18.9. The van der Waals surface area contributed by atoms with Crippen LogP contribution >= 0.6 is 0 Å². The number of carbonyl (C=O) groups is 1. The van der Waals surface area contributed by atoms with Crippen LogP contribution in [0.3, 0.4) is 0 Å². The second-order valence-corrected chi connectivity index (χ2v) is 28.9. The minimum Gasteiger partial charge on any atom is -0.481 e. The molecule has 2 aliphatic rings. The van der Waals surface area contributed by atoms with Gasteiger partial charge in [0, 0.05) is 83.2 Å². The topological polar surface area (TPSA) is 374 Å². The number of hydrogen-bond donors (Lipinski definition) is 7. The van der Waals surface area contributed by atoms with Crippen molar-refractivity contribution < 1.29 is 96.9 Å². The van der Waals surface area contributed by atoms with Crippen LogP contribution in [0.25, 0.3) is 27.1 Å². The van der Waals surface area contributed by atoms with Crippen molar-refractivity contribution in [2.24, 2.45) is 0 Å². The normalized spacial score (nSPS) is 16.7. The second kappa shape index (κ2) is 21.9. The van der Waals surface area contributed by atoms with E-state index in [0.29, 0.717) is 83.0 Å². The Labute approximate surface area is 457 Å². The first-order valence-corrected chi connectivity index (χ1v) is 33.1. The molecule has 0 fully saturated rings. The molecule has 0 radical (unpaired) electrons. The molecule has 0 saturated heterocycles. The number of aromatic nitrogens is 1. The Bertz CT molecular complexity index is 4190. The smallest absolute Gasteiger partial charge is 0.303 e. The van der Waals surface area contributed by atoms with Crippen molar-refractivity contribution in [3.63, 3.8) is 0 Å². The number of allylic oxidation sites excluding steroid dienone is 6. The molecule has 0 saturated carbocycles. The molecular formula is C50H57N3O20S6+2. The molecule has 0 spiro atoms. The van der Waals surface area contributed by atoms with Gasteiger partial charge in [-0.3, -0.25) is 32.1 Å². The van der Waals surface area contributed by atoms with Crippen LogP contribution in [0.4, 0.5) is 11.4 Å². The Morgan fingerprint density at radius 2 is 1.11 bits per heavy atom. The minimum absolute atomic E-state index is 0.0124. The number of pyridine rings is 1. The highest BCUT2D eigenvalue weighted by molar-refractivity contribution is 7.87. The molecule has 0 amide bonds. The summed E-state index contributed by atoms with van der Waals surface area (Å²) in [7, 11) is -29.4. The van der Waals surface area contributed by atoms with E-state index in [-0.39, 0.29) is 53.9 Å². The largest absolute Gasteiger partial charge is 0.481 e. The van der Waals surface area contributed by atoms with Gasteiger partial charge in [-0.1, -0.05) is 26.0 Å². The molecule has 29 heteroatoms. The zero-order chi connectivity index (χ0) is 58.6. The Kier molecular flexibility index (Phi) is 16.9. The van der Waals surface area contributed by atoms with Crippen LogP contribution < -0.4 is 9.47 Å². The molecule has 79 heavy (non-hydrogen) atoms. The van der Waals surface area contributed by atoms with Gasteiger partial charge in [-0.25, -0.2) is 4.57 Å². The highest BCUT2D eigenvalue weighted by atomic mass is 32.2. The number of unbranched alkanes of at least 4 members (excludes halogenated alkanes) is 2. The zero-order valence-electron chi connectivity index (χ0n) is 42.7.